The van der Waals surface area contributed by atoms with E-state index in [9.17, 15) is 4.79 Å². The van der Waals surface area contributed by atoms with E-state index in [1.165, 1.54) is 0 Å². The summed E-state index contributed by atoms with van der Waals surface area (Å²) in [6, 6.07) is 15.0. The van der Waals surface area contributed by atoms with Gasteiger partial charge in [0.05, 0.1) is 12.7 Å². The molecule has 3 aromatic rings. The molecule has 0 bridgehead atoms. The van der Waals surface area contributed by atoms with Crippen molar-refractivity contribution in [3.8, 4) is 17.2 Å². The van der Waals surface area contributed by atoms with E-state index in [1.54, 1.807) is 19.3 Å². The SMILES string of the molecule is COc1cccc(/C=C2\Oc3c(cc4c(c3C)OCN(CCc3ccc(Cl)cc3Cl)C4)C2=O)c1. The predicted octanol–water partition coefficient (Wildman–Crippen LogP) is 6.32. The van der Waals surface area contributed by atoms with Gasteiger partial charge < -0.3 is 14.2 Å². The van der Waals surface area contributed by atoms with Gasteiger partial charge in [0, 0.05) is 34.3 Å². The van der Waals surface area contributed by atoms with Crippen molar-refractivity contribution in [2.45, 2.75) is 19.9 Å². The van der Waals surface area contributed by atoms with E-state index in [0.717, 1.165) is 46.7 Å². The molecule has 0 amide bonds. The van der Waals surface area contributed by atoms with Crippen LogP contribution in [0.3, 0.4) is 0 Å². The Bertz CT molecular complexity index is 1320. The van der Waals surface area contributed by atoms with Gasteiger partial charge in [0.2, 0.25) is 5.78 Å². The van der Waals surface area contributed by atoms with Crippen LogP contribution in [0.2, 0.25) is 10.0 Å². The maximum atomic E-state index is 13.1. The summed E-state index contributed by atoms with van der Waals surface area (Å²) in [5.74, 6) is 2.24. The third-order valence-electron chi connectivity index (χ3n) is 6.11. The molecule has 5 rings (SSSR count). The Morgan fingerprint density at radius 1 is 1.12 bits per heavy atom. The molecule has 174 valence electrons. The lowest BCUT2D eigenvalue weighted by Gasteiger charge is -2.30. The van der Waals surface area contributed by atoms with E-state index in [-0.39, 0.29) is 5.78 Å². The van der Waals surface area contributed by atoms with Gasteiger partial charge in [-0.25, -0.2) is 0 Å². The first-order chi connectivity index (χ1) is 16.4. The summed E-state index contributed by atoms with van der Waals surface area (Å²) in [5, 5.41) is 1.29. The normalized spacial score (nSPS) is 16.1. The molecule has 0 fully saturated rings. The molecular weight excluding hydrogens is 473 g/mol. The van der Waals surface area contributed by atoms with Crippen LogP contribution in [0.15, 0.2) is 54.3 Å². The zero-order chi connectivity index (χ0) is 23.8. The second-order valence-electron chi connectivity index (χ2n) is 8.39. The van der Waals surface area contributed by atoms with Crippen LogP contribution in [0.5, 0.6) is 17.2 Å². The van der Waals surface area contributed by atoms with Crippen LogP contribution in [0.25, 0.3) is 6.08 Å². The van der Waals surface area contributed by atoms with Gasteiger partial charge in [0.25, 0.3) is 0 Å². The maximum absolute atomic E-state index is 13.1. The van der Waals surface area contributed by atoms with Gasteiger partial charge in [-0.2, -0.15) is 0 Å². The highest BCUT2D eigenvalue weighted by atomic mass is 35.5. The Kier molecular flexibility index (Phi) is 6.26. The number of methoxy groups -OCH3 is 1. The lowest BCUT2D eigenvalue weighted by atomic mass is 10.00. The maximum Gasteiger partial charge on any atom is 0.231 e. The van der Waals surface area contributed by atoms with Gasteiger partial charge in [-0.05, 0) is 60.9 Å². The molecular formula is C27H23Cl2NO4. The summed E-state index contributed by atoms with van der Waals surface area (Å²) in [5.41, 5.74) is 4.26. The van der Waals surface area contributed by atoms with Crippen molar-refractivity contribution in [1.82, 2.24) is 4.90 Å². The fraction of sp³-hybridized carbons (Fsp3) is 0.222. The Hall–Kier alpha value is -2.99. The van der Waals surface area contributed by atoms with Crippen LogP contribution in [0.4, 0.5) is 0 Å². The smallest absolute Gasteiger partial charge is 0.231 e. The molecule has 0 aliphatic carbocycles. The molecule has 0 aromatic heterocycles. The van der Waals surface area contributed by atoms with Gasteiger partial charge in [-0.1, -0.05) is 41.4 Å². The van der Waals surface area contributed by atoms with Crippen LogP contribution in [0.1, 0.15) is 32.6 Å². The number of carbonyl (C=O) groups excluding carboxylic acids is 1. The highest BCUT2D eigenvalue weighted by molar-refractivity contribution is 6.35. The van der Waals surface area contributed by atoms with Crippen molar-refractivity contribution in [1.29, 1.82) is 0 Å². The first-order valence-electron chi connectivity index (χ1n) is 11.0. The fourth-order valence-electron chi connectivity index (χ4n) is 4.33. The standard InChI is InChI=1S/C27H23Cl2NO4/c1-16-26-19(14-30(15-33-26)9-8-18-6-7-20(28)13-23(18)29)12-22-25(31)24(34-27(16)22)11-17-4-3-5-21(10-17)32-2/h3-7,10-13H,8-9,14-15H2,1-2H3/b24-11-. The monoisotopic (exact) mass is 495 g/mol. The molecule has 0 radical (unpaired) electrons. The van der Waals surface area contributed by atoms with E-state index in [1.807, 2.05) is 49.4 Å². The fourth-order valence-corrected chi connectivity index (χ4v) is 4.83. The predicted molar refractivity (Wildman–Crippen MR) is 133 cm³/mol. The van der Waals surface area contributed by atoms with Gasteiger partial charge in [-0.3, -0.25) is 9.69 Å². The number of ketones is 1. The van der Waals surface area contributed by atoms with Crippen molar-refractivity contribution in [3.63, 3.8) is 0 Å². The number of rotatable bonds is 5. The summed E-state index contributed by atoms with van der Waals surface area (Å²) in [4.78, 5) is 15.3. The van der Waals surface area contributed by atoms with E-state index in [0.29, 0.717) is 40.4 Å². The number of fused-ring (bicyclic) bond motifs is 2. The highest BCUT2D eigenvalue weighted by Gasteiger charge is 2.33. The number of carbonyl (C=O) groups is 1. The minimum Gasteiger partial charge on any atom is -0.497 e. The second-order valence-corrected chi connectivity index (χ2v) is 9.24. The Labute approximate surface area is 208 Å². The van der Waals surface area contributed by atoms with E-state index >= 15 is 0 Å². The molecule has 2 aliphatic heterocycles. The number of benzene rings is 3. The summed E-state index contributed by atoms with van der Waals surface area (Å²) < 4.78 is 17.4. The summed E-state index contributed by atoms with van der Waals surface area (Å²) in [7, 11) is 1.61. The van der Waals surface area contributed by atoms with Crippen molar-refractivity contribution >= 4 is 35.1 Å². The molecule has 0 spiro atoms. The quantitative estimate of drug-likeness (QED) is 0.387. The third-order valence-corrected chi connectivity index (χ3v) is 6.69. The Morgan fingerprint density at radius 2 is 1.97 bits per heavy atom. The van der Waals surface area contributed by atoms with Crippen LogP contribution in [0, 0.1) is 6.92 Å². The summed E-state index contributed by atoms with van der Waals surface area (Å²) >= 11 is 12.3. The first-order valence-corrected chi connectivity index (χ1v) is 11.7. The van der Waals surface area contributed by atoms with Gasteiger partial charge in [-0.15, -0.1) is 0 Å². The van der Waals surface area contributed by atoms with Gasteiger partial charge in [0.1, 0.15) is 24.0 Å². The van der Waals surface area contributed by atoms with Crippen molar-refractivity contribution < 1.29 is 19.0 Å². The van der Waals surface area contributed by atoms with Gasteiger partial charge in [0.15, 0.2) is 5.76 Å². The number of ether oxygens (including phenoxy) is 3. The van der Waals surface area contributed by atoms with Crippen LogP contribution < -0.4 is 14.2 Å². The summed E-state index contributed by atoms with van der Waals surface area (Å²) in [6.45, 7) is 3.83. The van der Waals surface area contributed by atoms with E-state index < -0.39 is 0 Å². The molecule has 2 aliphatic rings. The number of hydrogen-bond acceptors (Lipinski definition) is 5. The third kappa shape index (κ3) is 4.39. The molecule has 34 heavy (non-hydrogen) atoms. The zero-order valence-electron chi connectivity index (χ0n) is 18.9. The first kappa shape index (κ1) is 22.8. The number of allylic oxidation sites excluding steroid dienone is 1. The largest absolute Gasteiger partial charge is 0.497 e. The van der Waals surface area contributed by atoms with E-state index in [2.05, 4.69) is 4.90 Å². The molecule has 0 N–H and O–H groups in total. The Morgan fingerprint density at radius 3 is 2.76 bits per heavy atom. The summed E-state index contributed by atoms with van der Waals surface area (Å²) in [6.07, 6.45) is 2.51. The molecule has 0 atom stereocenters. The molecule has 0 saturated heterocycles. The second kappa shape index (κ2) is 9.34. The highest BCUT2D eigenvalue weighted by Crippen LogP contribution is 2.43. The lowest BCUT2D eigenvalue weighted by Crippen LogP contribution is -2.34. The molecule has 5 nitrogen and oxygen atoms in total. The molecule has 0 unspecified atom stereocenters. The lowest BCUT2D eigenvalue weighted by molar-refractivity contribution is 0.0954. The number of halogens is 2. The average molecular weight is 496 g/mol. The minimum atomic E-state index is -0.131. The van der Waals surface area contributed by atoms with Crippen molar-refractivity contribution in [3.05, 3.63) is 92.2 Å². The van der Waals surface area contributed by atoms with E-state index in [4.69, 9.17) is 37.4 Å². The van der Waals surface area contributed by atoms with Crippen molar-refractivity contribution in [2.24, 2.45) is 0 Å². The zero-order valence-corrected chi connectivity index (χ0v) is 20.4. The molecule has 0 saturated carbocycles. The number of Topliss-reactive ketones (excluding diaryl/α,β-unsaturated/α-hetero) is 1. The molecule has 2 heterocycles. The van der Waals surface area contributed by atoms with Crippen LogP contribution >= 0.6 is 23.2 Å². The minimum absolute atomic E-state index is 0.131. The molecule has 3 aromatic carbocycles. The average Bonchev–Trinajstić information content (AvgIpc) is 3.14. The van der Waals surface area contributed by atoms with Crippen molar-refractivity contribution in [2.75, 3.05) is 20.4 Å². The number of nitrogens with zero attached hydrogens (tertiary/aromatic N) is 1. The van der Waals surface area contributed by atoms with Gasteiger partial charge >= 0.3 is 0 Å². The topological polar surface area (TPSA) is 48.0 Å². The molecule has 7 heteroatoms. The van der Waals surface area contributed by atoms with Crippen LogP contribution in [-0.2, 0) is 13.0 Å². The van der Waals surface area contributed by atoms with Crippen LogP contribution in [-0.4, -0.2) is 31.1 Å². The number of hydrogen-bond donors (Lipinski definition) is 0. The Balaban J connectivity index is 1.35.